The molecule has 0 saturated carbocycles. The Balaban J connectivity index is 0.00000900. The van der Waals surface area contributed by atoms with Gasteiger partial charge < -0.3 is 0 Å². The Morgan fingerprint density at radius 2 is 0.500 bits per heavy atom. The van der Waals surface area contributed by atoms with Crippen molar-refractivity contribution in [3.63, 3.8) is 0 Å². The van der Waals surface area contributed by atoms with E-state index in [9.17, 15) is 0 Å². The van der Waals surface area contributed by atoms with Gasteiger partial charge in [0, 0.05) is 44.8 Å². The molecule has 88 heavy (non-hydrogen) atoms. The summed E-state index contributed by atoms with van der Waals surface area (Å²) in [6.45, 7) is 0. The van der Waals surface area contributed by atoms with Crippen LogP contribution in [0.2, 0.25) is 0 Å². The molecule has 0 spiro atoms. The summed E-state index contributed by atoms with van der Waals surface area (Å²) in [5.74, 6) is 0. The molecule has 0 heterocycles. The van der Waals surface area contributed by atoms with Crippen LogP contribution in [0, 0.1) is 36.4 Å². The maximum atomic E-state index is 9.14. The zero-order valence-corrected chi connectivity index (χ0v) is 49.5. The zero-order valence-electron chi connectivity index (χ0n) is 65.1. The molecule has 0 fully saturated rings. The van der Waals surface area contributed by atoms with Gasteiger partial charge in [-0.1, -0.05) is 161 Å². The smallest absolute Gasteiger partial charge is 0.0316 e. The van der Waals surface area contributed by atoms with Crippen molar-refractivity contribution >= 4 is 0 Å². The summed E-state index contributed by atoms with van der Waals surface area (Å²) < 4.78 is 161. The third-order valence-corrected chi connectivity index (χ3v) is 16.5. The average molecular weight is 1320 g/mol. The molecule has 0 aromatic heterocycles. The van der Waals surface area contributed by atoms with E-state index < -0.39 is 57.4 Å². The second kappa shape index (κ2) is 24.0. The fourth-order valence-electron chi connectivity index (χ4n) is 12.3. The molecule has 0 aliphatic heterocycles. The van der Waals surface area contributed by atoms with Crippen LogP contribution in [0.15, 0.2) is 255 Å². The van der Waals surface area contributed by atoms with E-state index in [1.807, 2.05) is 164 Å². The van der Waals surface area contributed by atoms with Gasteiger partial charge in [-0.15, -0.1) is 53.1 Å². The third-order valence-electron chi connectivity index (χ3n) is 16.5. The first-order chi connectivity index (χ1) is 49.9. The summed E-state index contributed by atoms with van der Waals surface area (Å²) in [6.07, 6.45) is -24.9. The average Bonchev–Trinajstić information content (AvgIpc) is 1.56. The molecule has 13 aromatic carbocycles. The molecular formula is C87H60Ir-6. The normalized spacial score (nSPS) is 21.1. The SMILES string of the molecule is [2H]C1([2H])c2ccc(-c3cc(-c4[c-]cccc4)[c-]cc3-c3ccccc3-c3cc(-c4ccccc4-c4c[c-]c(-c5[c-]cccc5)cc4-c4ccc5c(c4)C([2H])([2H])C([2H])([2H])C5([2H])[2H])cc(-c4ccccc4-c4c[c-]c(-c5[c-]cccc5)cc4-c4ccc5c(c4)C([2H])([2H])C([2H])([2H])C5([2H])[2H])c3)cc2C([2H])([2H])C1([2H])[2H].[Ir]. The minimum absolute atomic E-state index is 0. The number of rotatable bonds is 12. The largest absolute Gasteiger partial charge is 0.226 e. The van der Waals surface area contributed by atoms with E-state index in [1.54, 1.807) is 54.6 Å². The van der Waals surface area contributed by atoms with Crippen molar-refractivity contribution in [2.45, 2.75) is 57.4 Å². The number of benzene rings is 13. The number of hydrogen-bond donors (Lipinski definition) is 0. The summed E-state index contributed by atoms with van der Waals surface area (Å²) >= 11 is 0. The molecule has 0 nitrogen and oxygen atoms in total. The van der Waals surface area contributed by atoms with Crippen LogP contribution < -0.4 is 0 Å². The minimum atomic E-state index is -2.91. The van der Waals surface area contributed by atoms with Crippen molar-refractivity contribution < 1.29 is 44.8 Å². The summed E-state index contributed by atoms with van der Waals surface area (Å²) in [5, 5.41) is 0. The number of aryl methyl sites for hydroxylation is 6. The Labute approximate surface area is 557 Å². The zero-order chi connectivity index (χ0) is 73.8. The van der Waals surface area contributed by atoms with Gasteiger partial charge in [0.1, 0.15) is 0 Å². The van der Waals surface area contributed by atoms with Gasteiger partial charge in [-0.05, 0) is 159 Å². The molecule has 0 atom stereocenters. The Hall–Kier alpha value is -9.49. The van der Waals surface area contributed by atoms with E-state index >= 15 is 0 Å². The van der Waals surface area contributed by atoms with E-state index in [2.05, 4.69) is 54.6 Å². The van der Waals surface area contributed by atoms with Crippen molar-refractivity contribution in [2.24, 2.45) is 0 Å². The second-order valence-corrected chi connectivity index (χ2v) is 21.7. The summed E-state index contributed by atoms with van der Waals surface area (Å²) in [5.41, 5.74) is 15.5. The quantitative estimate of drug-likeness (QED) is 0.107. The second-order valence-electron chi connectivity index (χ2n) is 21.7. The van der Waals surface area contributed by atoms with Gasteiger partial charge in [0.2, 0.25) is 0 Å². The van der Waals surface area contributed by atoms with Crippen LogP contribution >= 0.6 is 0 Å². The molecule has 0 amide bonds. The molecule has 0 saturated heterocycles. The molecule has 16 rings (SSSR count). The first-order valence-corrected chi connectivity index (χ1v) is 28.9. The van der Waals surface area contributed by atoms with Crippen LogP contribution in [0.5, 0.6) is 0 Å². The Bertz CT molecular complexity index is 5110. The van der Waals surface area contributed by atoms with Crippen molar-refractivity contribution in [1.29, 1.82) is 0 Å². The van der Waals surface area contributed by atoms with Crippen molar-refractivity contribution in [1.82, 2.24) is 0 Å². The van der Waals surface area contributed by atoms with Crippen molar-refractivity contribution in [2.75, 3.05) is 0 Å². The third kappa shape index (κ3) is 10.5. The van der Waals surface area contributed by atoms with Gasteiger partial charge in [-0.25, -0.2) is 33.4 Å². The van der Waals surface area contributed by atoms with Crippen molar-refractivity contribution in [3.05, 3.63) is 325 Å². The molecule has 0 N–H and O–H groups in total. The fraction of sp³-hybridized carbons (Fsp3) is 0.103. The predicted octanol–water partition coefficient (Wildman–Crippen LogP) is 22.0. The molecule has 0 bridgehead atoms. The van der Waals surface area contributed by atoms with E-state index in [0.29, 0.717) is 66.8 Å². The standard InChI is InChI=1S/C87H60.Ir/c1-4-19-58(20-5-1)67-43-46-82(85(55-67)70-40-37-61-25-16-28-64(61)49-70)79-34-13-10-31-76(79)73-52-74(77-32-11-14-35-80(77)83-47-44-68(59-21-6-2-7-22-59)56-86(83)71-41-38-62-26-17-29-65(62)50-71)54-75(53-73)78-33-12-15-36-81(78)84-48-45-69(60-23-8-3-9-24-60)57-87(84)72-42-39-63-27-18-30-66(63)51-72;/h1-15,19,21,23,31-42,46-57H,16-18,25-30H2;/q-6;/i16D2,17D2,18D2,25D2,26D2,27D2,28D2,29D2,30D2;. The Morgan fingerprint density at radius 1 is 0.216 bits per heavy atom. The van der Waals surface area contributed by atoms with E-state index in [-0.39, 0.29) is 53.5 Å². The summed E-state index contributed by atoms with van der Waals surface area (Å²) in [7, 11) is 0. The van der Waals surface area contributed by atoms with Gasteiger partial charge in [-0.3, -0.25) is 0 Å². The number of fused-ring (bicyclic) bond motifs is 3. The topological polar surface area (TPSA) is 0 Å². The maximum absolute atomic E-state index is 9.14. The Morgan fingerprint density at radius 3 is 0.795 bits per heavy atom. The molecule has 1 heteroatoms. The van der Waals surface area contributed by atoms with Crippen LogP contribution in [0.1, 0.15) is 77.2 Å². The predicted molar refractivity (Wildman–Crippen MR) is 361 cm³/mol. The van der Waals surface area contributed by atoms with Gasteiger partial charge in [0.25, 0.3) is 0 Å². The summed E-state index contributed by atoms with van der Waals surface area (Å²) in [4.78, 5) is 0. The van der Waals surface area contributed by atoms with E-state index in [4.69, 9.17) is 24.7 Å². The monoisotopic (exact) mass is 1320 g/mol. The maximum Gasteiger partial charge on any atom is 0.0316 e. The van der Waals surface area contributed by atoms with Gasteiger partial charge in [0.05, 0.1) is 0 Å². The minimum Gasteiger partial charge on any atom is -0.226 e. The van der Waals surface area contributed by atoms with Crippen LogP contribution in [0.25, 0.3) is 134 Å². The Kier molecular flexibility index (Phi) is 10.5. The first-order valence-electron chi connectivity index (χ1n) is 37.9. The van der Waals surface area contributed by atoms with Gasteiger partial charge >= 0.3 is 0 Å². The van der Waals surface area contributed by atoms with Crippen LogP contribution in [-0.4, -0.2) is 0 Å². The molecule has 3 aliphatic carbocycles. The van der Waals surface area contributed by atoms with Crippen LogP contribution in [-0.2, 0) is 58.3 Å². The molecule has 13 aromatic rings. The van der Waals surface area contributed by atoms with Crippen LogP contribution in [0.3, 0.4) is 0 Å². The van der Waals surface area contributed by atoms with Gasteiger partial charge in [0.15, 0.2) is 0 Å². The van der Waals surface area contributed by atoms with E-state index in [1.165, 1.54) is 18.2 Å². The molecular weight excluding hydrogens is 1240 g/mol. The van der Waals surface area contributed by atoms with Crippen molar-refractivity contribution in [3.8, 4) is 134 Å². The fourth-order valence-corrected chi connectivity index (χ4v) is 12.3. The molecule has 3 aliphatic rings. The van der Waals surface area contributed by atoms with E-state index in [0.717, 1.165) is 66.8 Å². The molecule has 0 unspecified atom stereocenters. The summed E-state index contributed by atoms with van der Waals surface area (Å²) in [6, 6.07) is 98.4. The van der Waals surface area contributed by atoms with Crippen LogP contribution in [0.4, 0.5) is 0 Å². The van der Waals surface area contributed by atoms with Gasteiger partial charge in [-0.2, -0.15) is 109 Å². The molecule has 1 radical (unpaired) electrons. The number of hydrogen-bond acceptors (Lipinski definition) is 0. The molecule has 423 valence electrons. The first kappa shape index (κ1) is 38.6.